The molecule has 0 spiro atoms. The van der Waals surface area contributed by atoms with Crippen molar-refractivity contribution in [3.05, 3.63) is 48.5 Å². The molecule has 0 aliphatic rings. The number of aromatic amines is 1. The Morgan fingerprint density at radius 3 is 3.08 bits per heavy atom. The molecule has 5 N–H and O–H groups in total. The molecule has 4 heterocycles. The number of rotatable bonds is 6. The average Bonchev–Trinajstić information content (AvgIpc) is 3.29. The van der Waals surface area contributed by atoms with Crippen LogP contribution in [0.25, 0.3) is 22.3 Å². The van der Waals surface area contributed by atoms with Gasteiger partial charge in [0.15, 0.2) is 5.65 Å². The molecule has 0 fully saturated rings. The predicted octanol–water partition coefficient (Wildman–Crippen LogP) is 1.40. The van der Waals surface area contributed by atoms with E-state index in [1.54, 1.807) is 23.1 Å². The summed E-state index contributed by atoms with van der Waals surface area (Å²) in [5, 5.41) is 24.6. The Hall–Kier alpha value is -3.46. The minimum atomic E-state index is 0.0373. The topological polar surface area (TPSA) is 131 Å². The number of nitrogens with zero attached hydrogens (tertiary/aromatic N) is 5. The van der Waals surface area contributed by atoms with Crippen LogP contribution in [-0.2, 0) is 13.1 Å². The van der Waals surface area contributed by atoms with E-state index in [0.29, 0.717) is 24.6 Å². The highest BCUT2D eigenvalue weighted by molar-refractivity contribution is 5.78. The highest BCUT2D eigenvalue weighted by Crippen LogP contribution is 2.24. The van der Waals surface area contributed by atoms with Crippen molar-refractivity contribution < 1.29 is 5.11 Å². The van der Waals surface area contributed by atoms with Crippen molar-refractivity contribution in [3.63, 3.8) is 0 Å². The van der Waals surface area contributed by atoms with Crippen LogP contribution in [0.5, 0.6) is 0 Å². The zero-order valence-electron chi connectivity index (χ0n) is 13.9. The molecule has 132 valence electrons. The first-order valence-corrected chi connectivity index (χ1v) is 8.16. The zero-order chi connectivity index (χ0) is 17.9. The highest BCUT2D eigenvalue weighted by atomic mass is 16.3. The zero-order valence-corrected chi connectivity index (χ0v) is 13.9. The molecule has 4 rings (SSSR count). The summed E-state index contributed by atoms with van der Waals surface area (Å²) in [5.41, 5.74) is 9.80. The van der Waals surface area contributed by atoms with Gasteiger partial charge in [-0.2, -0.15) is 10.2 Å². The lowest BCUT2D eigenvalue weighted by Crippen LogP contribution is -2.06. The summed E-state index contributed by atoms with van der Waals surface area (Å²) in [6.45, 7) is 0.950. The molecule has 0 aromatic carbocycles. The number of aromatic nitrogens is 6. The number of hydrogen-bond acceptors (Lipinski definition) is 7. The van der Waals surface area contributed by atoms with Crippen LogP contribution >= 0.6 is 0 Å². The van der Waals surface area contributed by atoms with Crippen LogP contribution in [0.15, 0.2) is 42.9 Å². The number of fused-ring (bicyclic) bond motifs is 1. The minimum absolute atomic E-state index is 0.0373. The van der Waals surface area contributed by atoms with E-state index < -0.39 is 0 Å². The third-order valence-corrected chi connectivity index (χ3v) is 4.02. The maximum absolute atomic E-state index is 9.00. The first kappa shape index (κ1) is 16.0. The van der Waals surface area contributed by atoms with E-state index >= 15 is 0 Å². The number of nitrogens with two attached hydrogens (primary N) is 1. The van der Waals surface area contributed by atoms with Crippen molar-refractivity contribution in [1.29, 1.82) is 0 Å². The molecule has 0 saturated heterocycles. The second-order valence-corrected chi connectivity index (χ2v) is 5.77. The Balaban J connectivity index is 1.56. The monoisotopic (exact) mass is 350 g/mol. The van der Waals surface area contributed by atoms with Gasteiger partial charge in [0.05, 0.1) is 43.0 Å². The average molecular weight is 350 g/mol. The minimum Gasteiger partial charge on any atom is -0.396 e. The van der Waals surface area contributed by atoms with Crippen molar-refractivity contribution in [3.8, 4) is 11.3 Å². The molecular formula is C17H18N8O. The maximum atomic E-state index is 9.00. The van der Waals surface area contributed by atoms with Crippen LogP contribution in [0.2, 0.25) is 0 Å². The number of H-pyrrole nitrogens is 1. The quantitative estimate of drug-likeness (QED) is 0.413. The Morgan fingerprint density at radius 1 is 1.27 bits per heavy atom. The van der Waals surface area contributed by atoms with Crippen LogP contribution in [0.1, 0.15) is 5.69 Å². The summed E-state index contributed by atoms with van der Waals surface area (Å²) in [6.07, 6.45) is 5.27. The normalized spacial score (nSPS) is 11.1. The van der Waals surface area contributed by atoms with Crippen LogP contribution in [0.3, 0.4) is 0 Å². The lowest BCUT2D eigenvalue weighted by atomic mass is 10.2. The molecule has 0 atom stereocenters. The van der Waals surface area contributed by atoms with Gasteiger partial charge in [0.2, 0.25) is 0 Å². The van der Waals surface area contributed by atoms with Gasteiger partial charge in [0.1, 0.15) is 5.82 Å². The van der Waals surface area contributed by atoms with E-state index in [0.717, 1.165) is 28.0 Å². The fraction of sp³-hybridized carbons (Fsp3) is 0.176. The Kier molecular flexibility index (Phi) is 4.20. The lowest BCUT2D eigenvalue weighted by Gasteiger charge is -2.09. The van der Waals surface area contributed by atoms with E-state index in [9.17, 15) is 0 Å². The second-order valence-electron chi connectivity index (χ2n) is 5.77. The van der Waals surface area contributed by atoms with E-state index in [1.165, 1.54) is 0 Å². The van der Waals surface area contributed by atoms with E-state index in [2.05, 4.69) is 30.6 Å². The Bertz CT molecular complexity index is 1040. The van der Waals surface area contributed by atoms with Crippen molar-refractivity contribution in [2.45, 2.75) is 13.1 Å². The molecule has 0 bridgehead atoms. The third-order valence-electron chi connectivity index (χ3n) is 4.02. The molecule has 9 heteroatoms. The van der Waals surface area contributed by atoms with Gasteiger partial charge in [0, 0.05) is 23.3 Å². The molecule has 0 saturated carbocycles. The van der Waals surface area contributed by atoms with Crippen LogP contribution in [0.4, 0.5) is 11.5 Å². The van der Waals surface area contributed by atoms with Gasteiger partial charge < -0.3 is 16.2 Å². The summed E-state index contributed by atoms with van der Waals surface area (Å²) < 4.78 is 1.67. The summed E-state index contributed by atoms with van der Waals surface area (Å²) >= 11 is 0. The van der Waals surface area contributed by atoms with Crippen molar-refractivity contribution in [2.75, 3.05) is 17.7 Å². The van der Waals surface area contributed by atoms with Crippen molar-refractivity contribution >= 4 is 22.5 Å². The Labute approximate surface area is 148 Å². The SMILES string of the molecule is Nc1ccc(-c2cnn(CCO)c2)nc1NCc1n[nH]c2ncccc12. The third kappa shape index (κ3) is 3.07. The van der Waals surface area contributed by atoms with E-state index in [4.69, 9.17) is 10.8 Å². The molecule has 4 aromatic heterocycles. The van der Waals surface area contributed by atoms with Gasteiger partial charge >= 0.3 is 0 Å². The van der Waals surface area contributed by atoms with Gasteiger partial charge in [0.25, 0.3) is 0 Å². The van der Waals surface area contributed by atoms with Gasteiger partial charge in [-0.25, -0.2) is 9.97 Å². The van der Waals surface area contributed by atoms with E-state index in [1.807, 2.05) is 24.4 Å². The van der Waals surface area contributed by atoms with Crippen molar-refractivity contribution in [1.82, 2.24) is 29.9 Å². The number of pyridine rings is 2. The van der Waals surface area contributed by atoms with Gasteiger partial charge in [-0.1, -0.05) is 0 Å². The molecule has 26 heavy (non-hydrogen) atoms. The number of anilines is 2. The molecule has 0 amide bonds. The van der Waals surface area contributed by atoms with Crippen LogP contribution < -0.4 is 11.1 Å². The fourth-order valence-corrected chi connectivity index (χ4v) is 2.70. The van der Waals surface area contributed by atoms with E-state index in [-0.39, 0.29) is 6.61 Å². The number of nitrogens with one attached hydrogen (secondary N) is 2. The molecule has 0 aliphatic carbocycles. The second kappa shape index (κ2) is 6.81. The largest absolute Gasteiger partial charge is 0.396 e. The number of nitrogen functional groups attached to an aromatic ring is 1. The van der Waals surface area contributed by atoms with Gasteiger partial charge in [-0.3, -0.25) is 9.78 Å². The van der Waals surface area contributed by atoms with Crippen molar-refractivity contribution in [2.24, 2.45) is 0 Å². The molecule has 0 aliphatic heterocycles. The fourth-order valence-electron chi connectivity index (χ4n) is 2.70. The number of hydrogen-bond donors (Lipinski definition) is 4. The number of aliphatic hydroxyl groups excluding tert-OH is 1. The lowest BCUT2D eigenvalue weighted by molar-refractivity contribution is 0.269. The standard InChI is InChI=1S/C17H18N8O/c18-13-3-4-14(11-8-21-25(10-11)6-7-26)22-17(13)20-9-15-12-2-1-5-19-16(12)24-23-15/h1-5,8,10,26H,6-7,9,18H2,(H,20,22)(H,19,23,24). The molecular weight excluding hydrogens is 332 g/mol. The van der Waals surface area contributed by atoms with Gasteiger partial charge in [-0.05, 0) is 24.3 Å². The summed E-state index contributed by atoms with van der Waals surface area (Å²) in [6, 6.07) is 7.48. The van der Waals surface area contributed by atoms with Crippen LogP contribution in [-0.4, -0.2) is 41.7 Å². The first-order chi connectivity index (χ1) is 12.7. The van der Waals surface area contributed by atoms with Crippen LogP contribution in [0, 0.1) is 0 Å². The highest BCUT2D eigenvalue weighted by Gasteiger charge is 2.10. The number of aliphatic hydroxyl groups is 1. The maximum Gasteiger partial charge on any atom is 0.155 e. The molecule has 0 radical (unpaired) electrons. The summed E-state index contributed by atoms with van der Waals surface area (Å²) in [7, 11) is 0. The Morgan fingerprint density at radius 2 is 2.19 bits per heavy atom. The molecule has 0 unspecified atom stereocenters. The smallest absolute Gasteiger partial charge is 0.155 e. The first-order valence-electron chi connectivity index (χ1n) is 8.16. The predicted molar refractivity (Wildman–Crippen MR) is 98.2 cm³/mol. The summed E-state index contributed by atoms with van der Waals surface area (Å²) in [4.78, 5) is 8.82. The molecule has 9 nitrogen and oxygen atoms in total. The van der Waals surface area contributed by atoms with Gasteiger partial charge in [-0.15, -0.1) is 0 Å². The molecule has 4 aromatic rings. The summed E-state index contributed by atoms with van der Waals surface area (Å²) in [5.74, 6) is 0.581.